The maximum atomic E-state index is 15.5. The number of esters is 1. The maximum Gasteiger partial charge on any atom is 0.350 e. The lowest BCUT2D eigenvalue weighted by molar-refractivity contribution is -0.150. The van der Waals surface area contributed by atoms with Crippen molar-refractivity contribution in [3.05, 3.63) is 118 Å². The summed E-state index contributed by atoms with van der Waals surface area (Å²) < 4.78 is 12.8. The molecule has 4 heterocycles. The normalized spacial score (nSPS) is 29.2. The molecule has 0 saturated carbocycles. The lowest BCUT2D eigenvalue weighted by Gasteiger charge is -2.40. The summed E-state index contributed by atoms with van der Waals surface area (Å²) in [7, 11) is 3.46. The van der Waals surface area contributed by atoms with Crippen molar-refractivity contribution in [2.24, 2.45) is 33.9 Å². The van der Waals surface area contributed by atoms with Gasteiger partial charge in [-0.1, -0.05) is 80.8 Å². The van der Waals surface area contributed by atoms with E-state index in [1.54, 1.807) is 19.3 Å². The molecule has 3 aromatic rings. The first-order valence-corrected chi connectivity index (χ1v) is 23.7. The molecule has 8 atom stereocenters. The van der Waals surface area contributed by atoms with Crippen LogP contribution in [0, 0.1) is 23.2 Å². The first kappa shape index (κ1) is 46.8. The topological polar surface area (TPSA) is 211 Å². The highest BCUT2D eigenvalue weighted by atomic mass is 16.7. The average molecular weight is 898 g/mol. The SMILES string of the molecule is CCN[C@H]1C=C2C=CC[C@H]3CCCC[C@@](C)(Cc4ccc(N)nc4)Cc4cccc5c4C(=O)[C@]4(O[C@@]4(C/C=C(\C)C[C@@H](NC(N)=NC)c4ccnc(NCNC)c4)C5=O)C(=O)OC[C@@H]1C[C@@H]23. The molecule has 0 radical (unpaired) electrons. The summed E-state index contributed by atoms with van der Waals surface area (Å²) in [5.74, 6) is 0.491. The zero-order valence-corrected chi connectivity index (χ0v) is 39.1. The number of nitrogens with zero attached hydrogens (tertiary/aromatic N) is 3. The maximum absolute atomic E-state index is 15.5. The van der Waals surface area contributed by atoms with Crippen molar-refractivity contribution in [2.45, 2.75) is 108 Å². The van der Waals surface area contributed by atoms with Crippen molar-refractivity contribution >= 4 is 35.1 Å². The molecule has 0 unspecified atom stereocenters. The predicted molar refractivity (Wildman–Crippen MR) is 258 cm³/mol. The molecule has 1 fully saturated rings. The van der Waals surface area contributed by atoms with Gasteiger partial charge in [0.25, 0.3) is 5.60 Å². The molecule has 4 bridgehead atoms. The van der Waals surface area contributed by atoms with Crippen LogP contribution < -0.4 is 32.7 Å². The van der Waals surface area contributed by atoms with Gasteiger partial charge in [-0.3, -0.25) is 14.6 Å². The molecule has 3 aliphatic carbocycles. The highest BCUT2D eigenvalue weighted by molar-refractivity contribution is 6.33. The van der Waals surface area contributed by atoms with Crippen LogP contribution in [0.3, 0.4) is 0 Å². The van der Waals surface area contributed by atoms with Gasteiger partial charge in [-0.2, -0.15) is 0 Å². The minimum atomic E-state index is -2.13. The molecule has 1 saturated heterocycles. The number of fused-ring (bicyclic) bond motifs is 1. The third-order valence-corrected chi connectivity index (χ3v) is 14.7. The number of aromatic nitrogens is 2. The lowest BCUT2D eigenvalue weighted by Crippen LogP contribution is -2.51. The Bertz CT molecular complexity index is 2430. The van der Waals surface area contributed by atoms with Crippen LogP contribution in [0.25, 0.3) is 0 Å². The molecule has 14 nitrogen and oxygen atoms in total. The van der Waals surface area contributed by atoms with Crippen molar-refractivity contribution in [3.63, 3.8) is 0 Å². The molecule has 8 rings (SSSR count). The van der Waals surface area contributed by atoms with Gasteiger partial charge < -0.3 is 42.2 Å². The molecule has 2 aromatic heterocycles. The van der Waals surface area contributed by atoms with E-state index in [0.29, 0.717) is 49.4 Å². The Hall–Kier alpha value is -5.70. The van der Waals surface area contributed by atoms with Crippen LogP contribution in [0.5, 0.6) is 0 Å². The molecule has 2 aliphatic heterocycles. The number of nitrogens with two attached hydrogens (primary N) is 2. The molecule has 5 aliphatic rings. The van der Waals surface area contributed by atoms with Gasteiger partial charge in [-0.15, -0.1) is 0 Å². The van der Waals surface area contributed by atoms with Crippen LogP contribution in [0.1, 0.15) is 116 Å². The van der Waals surface area contributed by atoms with Gasteiger partial charge in [0.2, 0.25) is 5.78 Å². The number of rotatable bonds is 13. The Morgan fingerprint density at radius 3 is 2.71 bits per heavy atom. The molecular weight excluding hydrogens is 831 g/mol. The number of likely N-dealkylation sites (N-methyl/N-ethyl adjacent to an activating group) is 1. The van der Waals surface area contributed by atoms with Crippen LogP contribution in [0.4, 0.5) is 11.6 Å². The number of benzene rings is 1. The van der Waals surface area contributed by atoms with E-state index < -0.39 is 23.0 Å². The summed E-state index contributed by atoms with van der Waals surface area (Å²) in [6.45, 7) is 7.67. The van der Waals surface area contributed by atoms with E-state index >= 15 is 9.59 Å². The van der Waals surface area contributed by atoms with Crippen molar-refractivity contribution in [3.8, 4) is 0 Å². The number of nitrogens with one attached hydrogen (secondary N) is 4. The number of epoxide rings is 1. The number of cyclic esters (lactones) is 1. The van der Waals surface area contributed by atoms with Gasteiger partial charge in [0.05, 0.1) is 19.3 Å². The van der Waals surface area contributed by atoms with E-state index in [1.807, 2.05) is 62.6 Å². The second kappa shape index (κ2) is 19.6. The minimum Gasteiger partial charge on any atom is -0.463 e. The number of carbonyl (C=O) groups excluding carboxylic acids is 3. The van der Waals surface area contributed by atoms with E-state index in [1.165, 1.54) is 5.57 Å². The first-order valence-electron chi connectivity index (χ1n) is 23.7. The summed E-state index contributed by atoms with van der Waals surface area (Å²) in [6.07, 6.45) is 19.9. The van der Waals surface area contributed by atoms with Gasteiger partial charge in [-0.25, -0.2) is 14.8 Å². The van der Waals surface area contributed by atoms with E-state index in [2.05, 4.69) is 68.3 Å². The third kappa shape index (κ3) is 9.32. The zero-order chi connectivity index (χ0) is 46.6. The number of ketones is 2. The van der Waals surface area contributed by atoms with Gasteiger partial charge in [-0.05, 0) is 123 Å². The van der Waals surface area contributed by atoms with E-state index in [9.17, 15) is 4.79 Å². The average Bonchev–Trinajstić information content (AvgIpc) is 4.02. The van der Waals surface area contributed by atoms with E-state index in [0.717, 1.165) is 67.3 Å². The van der Waals surface area contributed by atoms with Crippen LogP contribution in [-0.4, -0.2) is 84.6 Å². The second-order valence-corrected chi connectivity index (χ2v) is 19.4. The highest BCUT2D eigenvalue weighted by Gasteiger charge is 2.85. The molecular formula is C52H67N9O5. The van der Waals surface area contributed by atoms with Crippen molar-refractivity contribution in [1.82, 2.24) is 25.9 Å². The number of hydrogen-bond donors (Lipinski definition) is 6. The van der Waals surface area contributed by atoms with E-state index in [-0.39, 0.29) is 59.3 Å². The number of ether oxygens (including phenoxy) is 2. The van der Waals surface area contributed by atoms with Gasteiger partial charge in [0, 0.05) is 48.9 Å². The number of pyridine rings is 2. The van der Waals surface area contributed by atoms with Crippen LogP contribution in [0.2, 0.25) is 0 Å². The van der Waals surface area contributed by atoms with E-state index in [4.69, 9.17) is 20.9 Å². The van der Waals surface area contributed by atoms with Crippen LogP contribution in [0.15, 0.2) is 95.3 Å². The standard InChI is InChI=1S/C52H67N9O5/c1-6-57-41-25-35-13-9-12-34-11-7-8-20-50(3,27-33-16-17-43(53)59-29-33)28-37-14-10-15-39-45(37)47(63)52(48(64)65-30-38(41)24-40(34)35)51(66-52,46(39)62)21-18-32(2)23-42(61-49(54)56-5)36-19-22-58-44(26-36)60-31-55-4/h9-10,13-19,22,25-26,29,34,38,40-42,55,57H,6-8,11-12,20-21,23-24,27-28,30-31H2,1-5H3,(H2,53,59)(H,58,60)(H3,54,56,61)/b32-18+/t34-,38+,40-,41+,42-,50+,51+,52+/m1/s1. The number of carbonyl (C=O) groups is 3. The minimum absolute atomic E-state index is 0.00888. The number of anilines is 2. The molecule has 0 amide bonds. The Labute approximate surface area is 389 Å². The Kier molecular flexibility index (Phi) is 13.9. The summed E-state index contributed by atoms with van der Waals surface area (Å²) in [5, 5.41) is 13.2. The molecule has 66 heavy (non-hydrogen) atoms. The molecule has 14 heteroatoms. The highest BCUT2D eigenvalue weighted by Crippen LogP contribution is 2.59. The fraction of sp³-hybridized carbons (Fsp3) is 0.500. The predicted octanol–water partition coefficient (Wildman–Crippen LogP) is 6.56. The van der Waals surface area contributed by atoms with Crippen LogP contribution >= 0.6 is 0 Å². The Balaban J connectivity index is 1.17. The van der Waals surface area contributed by atoms with Crippen molar-refractivity contribution < 1.29 is 23.9 Å². The van der Waals surface area contributed by atoms with Crippen LogP contribution in [-0.2, 0) is 27.1 Å². The summed E-state index contributed by atoms with van der Waals surface area (Å²) in [4.78, 5) is 58.6. The first-order chi connectivity index (χ1) is 31.8. The molecule has 1 aromatic carbocycles. The Morgan fingerprint density at radius 2 is 1.94 bits per heavy atom. The Morgan fingerprint density at radius 1 is 1.09 bits per heavy atom. The second-order valence-electron chi connectivity index (χ2n) is 19.4. The monoisotopic (exact) mass is 898 g/mol. The van der Waals surface area contributed by atoms with Gasteiger partial charge in [0.1, 0.15) is 11.6 Å². The molecule has 1 spiro atoms. The fourth-order valence-electron chi connectivity index (χ4n) is 11.2. The zero-order valence-electron chi connectivity index (χ0n) is 39.1. The van der Waals surface area contributed by atoms with Gasteiger partial charge in [0.15, 0.2) is 17.3 Å². The van der Waals surface area contributed by atoms with Gasteiger partial charge >= 0.3 is 5.97 Å². The van der Waals surface area contributed by atoms with Crippen molar-refractivity contribution in [1.29, 1.82) is 0 Å². The third-order valence-electron chi connectivity index (χ3n) is 14.7. The summed E-state index contributed by atoms with van der Waals surface area (Å²) in [6, 6.07) is 12.9. The quantitative estimate of drug-likeness (QED) is 0.0204. The fourth-order valence-corrected chi connectivity index (χ4v) is 11.2. The number of allylic oxidation sites excluding steroid dienone is 3. The summed E-state index contributed by atoms with van der Waals surface area (Å²) in [5.41, 5.74) is 13.4. The number of hydrogen-bond acceptors (Lipinski definition) is 12. The number of nitrogen functional groups attached to an aromatic ring is 1. The summed E-state index contributed by atoms with van der Waals surface area (Å²) >= 11 is 0. The number of Topliss-reactive ketones (excluding diaryl/α,β-unsaturated/α-hetero) is 2. The number of aliphatic imine (C=N–C) groups is 1. The lowest BCUT2D eigenvalue weighted by atomic mass is 9.67. The molecule has 350 valence electrons. The smallest absolute Gasteiger partial charge is 0.350 e. The number of guanidine groups is 1. The largest absolute Gasteiger partial charge is 0.463 e. The molecule has 8 N–H and O–H groups in total. The van der Waals surface area contributed by atoms with Crippen molar-refractivity contribution in [2.75, 3.05) is 45.0 Å².